The van der Waals surface area contributed by atoms with Gasteiger partial charge in [0.25, 0.3) is 0 Å². The van der Waals surface area contributed by atoms with Gasteiger partial charge in [0, 0.05) is 37.1 Å². The number of hydrogen-bond acceptors (Lipinski definition) is 5. The molecule has 0 bridgehead atoms. The molecule has 3 aromatic rings. The summed E-state index contributed by atoms with van der Waals surface area (Å²) in [4.78, 5) is 6.90. The van der Waals surface area contributed by atoms with Crippen molar-refractivity contribution in [3.05, 3.63) is 42.7 Å². The first-order valence-corrected chi connectivity index (χ1v) is 8.24. The van der Waals surface area contributed by atoms with Crippen LogP contribution in [0.5, 0.6) is 5.75 Å². The molecule has 124 valence electrons. The second-order valence-electron chi connectivity index (χ2n) is 6.13. The number of hydrogen-bond donors (Lipinski definition) is 1. The Balaban J connectivity index is 1.77. The van der Waals surface area contributed by atoms with Gasteiger partial charge < -0.3 is 15.4 Å². The average Bonchev–Trinajstić information content (AvgIpc) is 3.06. The maximum absolute atomic E-state index is 6.02. The van der Waals surface area contributed by atoms with E-state index in [-0.39, 0.29) is 0 Å². The van der Waals surface area contributed by atoms with Crippen LogP contribution in [0, 0.1) is 0 Å². The molecule has 0 saturated carbocycles. The van der Waals surface area contributed by atoms with Crippen molar-refractivity contribution in [2.45, 2.75) is 18.9 Å². The Labute approximate surface area is 140 Å². The first kappa shape index (κ1) is 15.0. The minimum absolute atomic E-state index is 0.301. The highest BCUT2D eigenvalue weighted by molar-refractivity contribution is 5.77. The summed E-state index contributed by atoms with van der Waals surface area (Å²) in [6, 6.07) is 10.3. The number of piperidine rings is 1. The number of rotatable bonds is 3. The third kappa shape index (κ3) is 2.59. The molecule has 1 aliphatic rings. The minimum Gasteiger partial charge on any atom is -0.496 e. The van der Waals surface area contributed by atoms with E-state index in [4.69, 9.17) is 15.6 Å². The molecule has 0 radical (unpaired) electrons. The molecular weight excluding hydrogens is 302 g/mol. The Morgan fingerprint density at radius 2 is 2.00 bits per heavy atom. The van der Waals surface area contributed by atoms with Gasteiger partial charge in [-0.25, -0.2) is 9.50 Å². The van der Waals surface area contributed by atoms with Gasteiger partial charge in [-0.3, -0.25) is 0 Å². The summed E-state index contributed by atoms with van der Waals surface area (Å²) in [7, 11) is 1.68. The van der Waals surface area contributed by atoms with Crippen LogP contribution in [-0.4, -0.2) is 40.8 Å². The molecule has 1 aliphatic heterocycles. The molecule has 3 heterocycles. The largest absolute Gasteiger partial charge is 0.496 e. The van der Waals surface area contributed by atoms with E-state index in [0.717, 1.165) is 54.3 Å². The van der Waals surface area contributed by atoms with E-state index in [1.165, 1.54) is 0 Å². The number of methoxy groups -OCH3 is 1. The highest BCUT2D eigenvalue weighted by Gasteiger charge is 2.20. The number of fused-ring (bicyclic) bond motifs is 1. The molecule has 6 nitrogen and oxygen atoms in total. The molecule has 1 fully saturated rings. The van der Waals surface area contributed by atoms with Crippen molar-refractivity contribution in [3.8, 4) is 17.0 Å². The molecule has 1 saturated heterocycles. The van der Waals surface area contributed by atoms with Crippen molar-refractivity contribution >= 4 is 11.3 Å². The molecule has 6 heteroatoms. The van der Waals surface area contributed by atoms with E-state index in [0.29, 0.717) is 6.04 Å². The van der Waals surface area contributed by atoms with Crippen LogP contribution >= 0.6 is 0 Å². The summed E-state index contributed by atoms with van der Waals surface area (Å²) in [6.07, 6.45) is 5.68. The van der Waals surface area contributed by atoms with Gasteiger partial charge in [-0.05, 0) is 31.0 Å². The van der Waals surface area contributed by atoms with E-state index in [2.05, 4.69) is 16.0 Å². The van der Waals surface area contributed by atoms with Gasteiger partial charge in [0.15, 0.2) is 5.82 Å². The van der Waals surface area contributed by atoms with Crippen LogP contribution in [0.15, 0.2) is 42.7 Å². The van der Waals surface area contributed by atoms with Crippen LogP contribution in [0.25, 0.3) is 16.8 Å². The average molecular weight is 323 g/mol. The zero-order valence-electron chi connectivity index (χ0n) is 13.7. The fraction of sp³-hybridized carbons (Fsp3) is 0.333. The van der Waals surface area contributed by atoms with Crippen LogP contribution in [0.3, 0.4) is 0 Å². The fourth-order valence-electron chi connectivity index (χ4n) is 3.25. The van der Waals surface area contributed by atoms with Crippen molar-refractivity contribution < 1.29 is 4.74 Å². The monoisotopic (exact) mass is 323 g/mol. The number of aromatic nitrogens is 3. The standard InChI is InChI=1S/C18H21N5O/c1-24-17-5-3-2-4-14(17)15-12-16-18(20-8-11-23(16)21-15)22-9-6-13(19)7-10-22/h2-5,8,11-13H,6-7,9-10,19H2,1H3. The van der Waals surface area contributed by atoms with Gasteiger partial charge in [-0.1, -0.05) is 12.1 Å². The Morgan fingerprint density at radius 1 is 1.21 bits per heavy atom. The lowest BCUT2D eigenvalue weighted by molar-refractivity contribution is 0.416. The summed E-state index contributed by atoms with van der Waals surface area (Å²) < 4.78 is 7.35. The lowest BCUT2D eigenvalue weighted by atomic mass is 10.1. The van der Waals surface area contributed by atoms with Gasteiger partial charge in [-0.2, -0.15) is 5.10 Å². The van der Waals surface area contributed by atoms with Crippen molar-refractivity contribution in [1.82, 2.24) is 14.6 Å². The number of anilines is 1. The Hall–Kier alpha value is -2.60. The summed E-state index contributed by atoms with van der Waals surface area (Å²) in [6.45, 7) is 1.87. The summed E-state index contributed by atoms with van der Waals surface area (Å²) in [5, 5.41) is 4.71. The Kier molecular flexibility index (Phi) is 3.82. The van der Waals surface area contributed by atoms with Gasteiger partial charge in [0.05, 0.1) is 12.8 Å². The van der Waals surface area contributed by atoms with Gasteiger partial charge in [-0.15, -0.1) is 0 Å². The SMILES string of the molecule is COc1ccccc1-c1cc2c(N3CCC(N)CC3)nccn2n1. The molecule has 0 aliphatic carbocycles. The number of nitrogens with zero attached hydrogens (tertiary/aromatic N) is 4. The molecule has 4 rings (SSSR count). The van der Waals surface area contributed by atoms with Crippen molar-refractivity contribution in [3.63, 3.8) is 0 Å². The molecular formula is C18H21N5O. The fourth-order valence-corrected chi connectivity index (χ4v) is 3.25. The number of para-hydroxylation sites is 1. The summed E-state index contributed by atoms with van der Waals surface area (Å²) in [5.41, 5.74) is 8.90. The lowest BCUT2D eigenvalue weighted by Gasteiger charge is -2.31. The van der Waals surface area contributed by atoms with Crippen LogP contribution in [0.1, 0.15) is 12.8 Å². The molecule has 1 aromatic carbocycles. The minimum atomic E-state index is 0.301. The topological polar surface area (TPSA) is 68.7 Å². The van der Waals surface area contributed by atoms with E-state index in [1.54, 1.807) is 13.3 Å². The van der Waals surface area contributed by atoms with E-state index in [1.807, 2.05) is 35.0 Å². The van der Waals surface area contributed by atoms with Crippen molar-refractivity contribution in [2.75, 3.05) is 25.1 Å². The Bertz CT molecular complexity index is 851. The van der Waals surface area contributed by atoms with Crippen LogP contribution in [-0.2, 0) is 0 Å². The molecule has 24 heavy (non-hydrogen) atoms. The van der Waals surface area contributed by atoms with Gasteiger partial charge in [0.2, 0.25) is 0 Å². The van der Waals surface area contributed by atoms with Crippen molar-refractivity contribution in [1.29, 1.82) is 0 Å². The number of nitrogens with two attached hydrogens (primary N) is 1. The molecule has 2 N–H and O–H groups in total. The normalized spacial score (nSPS) is 15.8. The first-order valence-electron chi connectivity index (χ1n) is 8.24. The molecule has 0 spiro atoms. The molecule has 0 unspecified atom stereocenters. The van der Waals surface area contributed by atoms with E-state index < -0.39 is 0 Å². The lowest BCUT2D eigenvalue weighted by Crippen LogP contribution is -2.40. The number of benzene rings is 1. The highest BCUT2D eigenvalue weighted by atomic mass is 16.5. The third-order valence-electron chi connectivity index (χ3n) is 4.59. The van der Waals surface area contributed by atoms with E-state index >= 15 is 0 Å². The highest BCUT2D eigenvalue weighted by Crippen LogP contribution is 2.31. The predicted molar refractivity (Wildman–Crippen MR) is 94.4 cm³/mol. The van der Waals surface area contributed by atoms with Gasteiger partial charge >= 0.3 is 0 Å². The molecule has 0 amide bonds. The zero-order valence-corrected chi connectivity index (χ0v) is 13.7. The summed E-state index contributed by atoms with van der Waals surface area (Å²) in [5.74, 6) is 1.79. The maximum atomic E-state index is 6.02. The zero-order chi connectivity index (χ0) is 16.5. The Morgan fingerprint density at radius 3 is 2.79 bits per heavy atom. The van der Waals surface area contributed by atoms with Gasteiger partial charge in [0.1, 0.15) is 11.3 Å². The van der Waals surface area contributed by atoms with Crippen LogP contribution < -0.4 is 15.4 Å². The quantitative estimate of drug-likeness (QED) is 0.801. The predicted octanol–water partition coefficient (Wildman–Crippen LogP) is 2.33. The third-order valence-corrected chi connectivity index (χ3v) is 4.59. The van der Waals surface area contributed by atoms with E-state index in [9.17, 15) is 0 Å². The van der Waals surface area contributed by atoms with Crippen LogP contribution in [0.4, 0.5) is 5.82 Å². The van der Waals surface area contributed by atoms with Crippen LogP contribution in [0.2, 0.25) is 0 Å². The first-order chi connectivity index (χ1) is 11.8. The molecule has 0 atom stereocenters. The van der Waals surface area contributed by atoms with Crippen molar-refractivity contribution in [2.24, 2.45) is 5.73 Å². The second kappa shape index (κ2) is 6.13. The maximum Gasteiger partial charge on any atom is 0.154 e. The number of ether oxygens (including phenoxy) is 1. The smallest absolute Gasteiger partial charge is 0.154 e. The molecule has 2 aromatic heterocycles. The summed E-state index contributed by atoms with van der Waals surface area (Å²) >= 11 is 0. The second-order valence-corrected chi connectivity index (χ2v) is 6.13.